The monoisotopic (exact) mass is 386 g/mol. The molecule has 0 saturated carbocycles. The Labute approximate surface area is 160 Å². The molecule has 1 aliphatic heterocycles. The van der Waals surface area contributed by atoms with Gasteiger partial charge >= 0.3 is 12.1 Å². The topological polar surface area (TPSA) is 98.0 Å². The minimum atomic E-state index is -0.525. The van der Waals surface area contributed by atoms with Gasteiger partial charge < -0.3 is 25.0 Å². The first-order valence-electron chi connectivity index (χ1n) is 8.26. The number of ether oxygens (including phenoxy) is 2. The van der Waals surface area contributed by atoms with E-state index < -0.39 is 11.6 Å². The molecule has 1 amide bonds. The normalized spacial score (nSPS) is 14.5. The Balaban J connectivity index is 0.00000338. The molecule has 146 valence electrons. The number of piperazine rings is 1. The van der Waals surface area contributed by atoms with Crippen molar-refractivity contribution in [1.29, 1.82) is 0 Å². The molecular weight excluding hydrogens is 360 g/mol. The molecule has 9 heteroatoms. The molecule has 0 bridgehead atoms. The molecule has 0 aromatic carbocycles. The number of anilines is 1. The van der Waals surface area contributed by atoms with Crippen molar-refractivity contribution in [2.24, 2.45) is 5.73 Å². The molecule has 1 aromatic heterocycles. The predicted octanol–water partition coefficient (Wildman–Crippen LogP) is 1.81. The molecule has 0 radical (unpaired) electrons. The van der Waals surface area contributed by atoms with Gasteiger partial charge in [-0.2, -0.15) is 0 Å². The van der Waals surface area contributed by atoms with Gasteiger partial charge in [-0.05, 0) is 32.9 Å². The molecule has 2 heterocycles. The average molecular weight is 387 g/mol. The van der Waals surface area contributed by atoms with E-state index in [0.29, 0.717) is 43.3 Å². The van der Waals surface area contributed by atoms with E-state index >= 15 is 0 Å². The number of nitrogens with two attached hydrogens (primary N) is 1. The number of pyridine rings is 1. The zero-order chi connectivity index (χ0) is 18.6. The number of halogens is 1. The van der Waals surface area contributed by atoms with Crippen LogP contribution in [0, 0.1) is 0 Å². The average Bonchev–Trinajstić information content (AvgIpc) is 2.59. The number of carbonyl (C=O) groups excluding carboxylic acids is 2. The van der Waals surface area contributed by atoms with E-state index in [1.807, 2.05) is 25.7 Å². The third-order valence-corrected chi connectivity index (χ3v) is 3.78. The van der Waals surface area contributed by atoms with Crippen molar-refractivity contribution in [3.63, 3.8) is 0 Å². The fourth-order valence-corrected chi connectivity index (χ4v) is 2.54. The molecule has 1 aromatic rings. The van der Waals surface area contributed by atoms with E-state index in [1.165, 1.54) is 7.11 Å². The van der Waals surface area contributed by atoms with Crippen LogP contribution in [-0.2, 0) is 16.0 Å². The van der Waals surface area contributed by atoms with Crippen molar-refractivity contribution in [2.75, 3.05) is 38.2 Å². The van der Waals surface area contributed by atoms with E-state index in [2.05, 4.69) is 4.98 Å². The van der Waals surface area contributed by atoms with Crippen molar-refractivity contribution in [2.45, 2.75) is 32.9 Å². The Morgan fingerprint density at radius 1 is 1.19 bits per heavy atom. The summed E-state index contributed by atoms with van der Waals surface area (Å²) in [7, 11) is 1.34. The SMILES string of the molecule is COC(=O)c1ccc(CN)nc1N1CCN(C(=O)OC(C)(C)C)CC1.Cl. The zero-order valence-corrected chi connectivity index (χ0v) is 16.5. The highest BCUT2D eigenvalue weighted by molar-refractivity contribution is 5.94. The van der Waals surface area contributed by atoms with E-state index in [-0.39, 0.29) is 25.0 Å². The summed E-state index contributed by atoms with van der Waals surface area (Å²) in [6.07, 6.45) is -0.330. The third kappa shape index (κ3) is 5.47. The summed E-state index contributed by atoms with van der Waals surface area (Å²) in [5.74, 6) is 0.0966. The van der Waals surface area contributed by atoms with Crippen molar-refractivity contribution in [1.82, 2.24) is 9.88 Å². The lowest BCUT2D eigenvalue weighted by Crippen LogP contribution is -2.50. The number of methoxy groups -OCH3 is 1. The van der Waals surface area contributed by atoms with Gasteiger partial charge in [-0.1, -0.05) is 0 Å². The van der Waals surface area contributed by atoms with Crippen LogP contribution in [0.5, 0.6) is 0 Å². The predicted molar refractivity (Wildman–Crippen MR) is 101 cm³/mol. The van der Waals surface area contributed by atoms with Crippen LogP contribution in [0.25, 0.3) is 0 Å². The number of nitrogens with zero attached hydrogens (tertiary/aromatic N) is 3. The fourth-order valence-electron chi connectivity index (χ4n) is 2.54. The maximum absolute atomic E-state index is 12.2. The fraction of sp³-hybridized carbons (Fsp3) is 0.588. The summed E-state index contributed by atoms with van der Waals surface area (Å²) < 4.78 is 10.2. The third-order valence-electron chi connectivity index (χ3n) is 3.78. The first-order chi connectivity index (χ1) is 11.7. The summed E-state index contributed by atoms with van der Waals surface area (Å²) >= 11 is 0. The van der Waals surface area contributed by atoms with Crippen LogP contribution in [0.15, 0.2) is 12.1 Å². The van der Waals surface area contributed by atoms with E-state index in [4.69, 9.17) is 15.2 Å². The highest BCUT2D eigenvalue weighted by Crippen LogP contribution is 2.22. The van der Waals surface area contributed by atoms with E-state index in [1.54, 1.807) is 17.0 Å². The Kier molecular flexibility index (Phi) is 7.65. The minimum Gasteiger partial charge on any atom is -0.465 e. The standard InChI is InChI=1S/C17H26N4O4.ClH/c1-17(2,3)25-16(23)21-9-7-20(8-10-21)14-13(15(22)24-4)6-5-12(11-18)19-14;/h5-6H,7-11,18H2,1-4H3;1H. The number of carbonyl (C=O) groups is 2. The molecule has 2 rings (SSSR count). The van der Waals surface area contributed by atoms with Gasteiger partial charge in [0.15, 0.2) is 0 Å². The largest absolute Gasteiger partial charge is 0.465 e. The maximum Gasteiger partial charge on any atom is 0.410 e. The maximum atomic E-state index is 12.2. The Hall–Kier alpha value is -2.06. The molecule has 0 aliphatic carbocycles. The lowest BCUT2D eigenvalue weighted by Gasteiger charge is -2.36. The molecular formula is C17H27ClN4O4. The van der Waals surface area contributed by atoms with Crippen LogP contribution in [0.1, 0.15) is 36.8 Å². The van der Waals surface area contributed by atoms with Crippen molar-refractivity contribution >= 4 is 30.3 Å². The molecule has 8 nitrogen and oxygen atoms in total. The van der Waals surface area contributed by atoms with E-state index in [0.717, 1.165) is 0 Å². The Morgan fingerprint density at radius 2 is 1.81 bits per heavy atom. The van der Waals surface area contributed by atoms with Crippen LogP contribution in [0.4, 0.5) is 10.6 Å². The summed E-state index contributed by atoms with van der Waals surface area (Å²) in [5.41, 5.74) is 6.22. The number of hydrogen-bond acceptors (Lipinski definition) is 7. The summed E-state index contributed by atoms with van der Waals surface area (Å²) in [5, 5.41) is 0. The molecule has 2 N–H and O–H groups in total. The second-order valence-electron chi connectivity index (χ2n) is 6.82. The molecule has 26 heavy (non-hydrogen) atoms. The van der Waals surface area contributed by atoms with Crippen LogP contribution in [0.3, 0.4) is 0 Å². The summed E-state index contributed by atoms with van der Waals surface area (Å²) in [4.78, 5) is 32.3. The zero-order valence-electron chi connectivity index (χ0n) is 15.7. The van der Waals surface area contributed by atoms with Crippen molar-refractivity contribution in [3.8, 4) is 0 Å². The summed E-state index contributed by atoms with van der Waals surface area (Å²) in [6, 6.07) is 3.39. The number of esters is 1. The van der Waals surface area contributed by atoms with Crippen molar-refractivity contribution in [3.05, 3.63) is 23.4 Å². The number of hydrogen-bond donors (Lipinski definition) is 1. The Morgan fingerprint density at radius 3 is 2.31 bits per heavy atom. The van der Waals surface area contributed by atoms with Gasteiger partial charge in [0.1, 0.15) is 17.0 Å². The minimum absolute atomic E-state index is 0. The first kappa shape index (κ1) is 22.0. The lowest BCUT2D eigenvalue weighted by atomic mass is 10.2. The lowest BCUT2D eigenvalue weighted by molar-refractivity contribution is 0.0239. The quantitative estimate of drug-likeness (QED) is 0.791. The van der Waals surface area contributed by atoms with Crippen LogP contribution < -0.4 is 10.6 Å². The van der Waals surface area contributed by atoms with Gasteiger partial charge in [-0.3, -0.25) is 0 Å². The van der Waals surface area contributed by atoms with Gasteiger partial charge in [-0.25, -0.2) is 14.6 Å². The van der Waals surface area contributed by atoms with E-state index in [9.17, 15) is 9.59 Å². The van der Waals surface area contributed by atoms with Gasteiger partial charge in [0.05, 0.1) is 12.8 Å². The van der Waals surface area contributed by atoms with Crippen molar-refractivity contribution < 1.29 is 19.1 Å². The highest BCUT2D eigenvalue weighted by atomic mass is 35.5. The summed E-state index contributed by atoms with van der Waals surface area (Å²) in [6.45, 7) is 7.87. The molecule has 0 unspecified atom stereocenters. The second-order valence-corrected chi connectivity index (χ2v) is 6.82. The number of aromatic nitrogens is 1. The van der Waals surface area contributed by atoms with Crippen LogP contribution in [-0.4, -0.2) is 60.8 Å². The number of rotatable bonds is 3. The first-order valence-corrected chi connectivity index (χ1v) is 8.26. The molecule has 0 atom stereocenters. The van der Waals surface area contributed by atoms with Crippen LogP contribution >= 0.6 is 12.4 Å². The van der Waals surface area contributed by atoms with Gasteiger partial charge in [0.2, 0.25) is 0 Å². The van der Waals surface area contributed by atoms with Gasteiger partial charge in [0, 0.05) is 32.7 Å². The number of amides is 1. The molecule has 0 spiro atoms. The Bertz CT molecular complexity index is 640. The highest BCUT2D eigenvalue weighted by Gasteiger charge is 2.28. The smallest absolute Gasteiger partial charge is 0.410 e. The molecule has 1 aliphatic rings. The molecule has 1 fully saturated rings. The molecule has 1 saturated heterocycles. The van der Waals surface area contributed by atoms with Gasteiger partial charge in [0.25, 0.3) is 0 Å². The second kappa shape index (κ2) is 9.05. The van der Waals surface area contributed by atoms with Gasteiger partial charge in [-0.15, -0.1) is 12.4 Å². The van der Waals surface area contributed by atoms with Crippen LogP contribution in [0.2, 0.25) is 0 Å².